The minimum Gasteiger partial charge on any atom is -0.309 e. The second-order valence-electron chi connectivity index (χ2n) is 16.8. The van der Waals surface area contributed by atoms with Gasteiger partial charge in [-0.05, 0) is 114 Å². The Morgan fingerprint density at radius 3 is 1.55 bits per heavy atom. The molecule has 7 aromatic carbocycles. The number of benzene rings is 7. The number of aromatic nitrogens is 5. The molecule has 0 fully saturated rings. The first-order valence-corrected chi connectivity index (χ1v) is 19.9. The third-order valence-corrected chi connectivity index (χ3v) is 12.3. The summed E-state index contributed by atoms with van der Waals surface area (Å²) in [6, 6.07) is 43.8. The number of fused-ring (bicyclic) bond motifs is 7. The van der Waals surface area contributed by atoms with Gasteiger partial charge in [-0.25, -0.2) is 15.0 Å². The molecule has 1 aliphatic rings. The predicted octanol–water partition coefficient (Wildman–Crippen LogP) is 13.4. The molecule has 0 saturated carbocycles. The first-order valence-electron chi connectivity index (χ1n) is 22.4. The quantitative estimate of drug-likeness (QED) is 0.176. The van der Waals surface area contributed by atoms with Gasteiger partial charge in [0.2, 0.25) is 0 Å². The monoisotopic (exact) mass is 754 g/mol. The fraction of sp³-hybridized carbons (Fsp3) is 0.151. The summed E-state index contributed by atoms with van der Waals surface area (Å²) >= 11 is 0. The van der Waals surface area contributed by atoms with E-state index >= 15 is 0 Å². The van der Waals surface area contributed by atoms with E-state index in [9.17, 15) is 0 Å². The van der Waals surface area contributed by atoms with Crippen molar-refractivity contribution in [2.24, 2.45) is 0 Å². The van der Waals surface area contributed by atoms with E-state index in [0.717, 1.165) is 57.0 Å². The molecule has 0 spiro atoms. The Morgan fingerprint density at radius 1 is 0.431 bits per heavy atom. The summed E-state index contributed by atoms with van der Waals surface area (Å²) in [6.07, 6.45) is 2.31. The highest BCUT2D eigenvalue weighted by molar-refractivity contribution is 6.11. The molecule has 1 aliphatic carbocycles. The molecular formula is C53H43N5. The van der Waals surface area contributed by atoms with Crippen LogP contribution < -0.4 is 0 Å². The molecule has 0 N–H and O–H groups in total. The summed E-state index contributed by atoms with van der Waals surface area (Å²) in [6.45, 7) is 9.52. The molecule has 0 bridgehead atoms. The van der Waals surface area contributed by atoms with Crippen LogP contribution >= 0.6 is 0 Å². The summed E-state index contributed by atoms with van der Waals surface area (Å²) in [5.74, 6) is 1.56. The molecule has 0 atom stereocenters. The van der Waals surface area contributed by atoms with Gasteiger partial charge in [-0.3, -0.25) is 0 Å². The van der Waals surface area contributed by atoms with Gasteiger partial charge in [0, 0.05) is 49.6 Å². The third kappa shape index (κ3) is 5.41. The largest absolute Gasteiger partial charge is 0.309 e. The number of rotatable bonds is 5. The van der Waals surface area contributed by atoms with Crippen LogP contribution in [0.5, 0.6) is 0 Å². The van der Waals surface area contributed by atoms with Gasteiger partial charge in [-0.15, -0.1) is 0 Å². The number of nitrogens with zero attached hydrogens (tertiary/aromatic N) is 5. The van der Waals surface area contributed by atoms with E-state index in [1.54, 1.807) is 4.57 Å². The van der Waals surface area contributed by atoms with Crippen molar-refractivity contribution < 1.29 is 6.85 Å². The molecule has 58 heavy (non-hydrogen) atoms. The maximum absolute atomic E-state index is 8.81. The van der Waals surface area contributed by atoms with E-state index in [0.29, 0.717) is 23.0 Å². The molecule has 0 unspecified atom stereocenters. The zero-order chi connectivity index (χ0) is 43.5. The summed E-state index contributed by atoms with van der Waals surface area (Å²) in [4.78, 5) is 15.2. The van der Waals surface area contributed by atoms with E-state index in [1.165, 1.54) is 27.4 Å². The van der Waals surface area contributed by atoms with Crippen molar-refractivity contribution in [2.75, 3.05) is 0 Å². The molecule has 0 amide bonds. The highest BCUT2D eigenvalue weighted by atomic mass is 15.0. The maximum Gasteiger partial charge on any atom is 0.164 e. The van der Waals surface area contributed by atoms with Crippen LogP contribution in [-0.2, 0) is 10.8 Å². The van der Waals surface area contributed by atoms with Crippen LogP contribution in [-0.4, -0.2) is 24.1 Å². The highest BCUT2D eigenvalue weighted by Gasteiger charge is 2.38. The lowest BCUT2D eigenvalue weighted by Gasteiger charge is -2.42. The molecule has 3 heterocycles. The third-order valence-electron chi connectivity index (χ3n) is 12.3. The molecule has 10 aromatic rings. The number of para-hydroxylation sites is 3. The summed E-state index contributed by atoms with van der Waals surface area (Å²) < 4.78 is 46.8. The van der Waals surface area contributed by atoms with Crippen molar-refractivity contribution in [1.29, 1.82) is 0 Å². The van der Waals surface area contributed by atoms with Gasteiger partial charge in [0.25, 0.3) is 0 Å². The summed E-state index contributed by atoms with van der Waals surface area (Å²) in [5, 5.41) is 4.21. The molecule has 280 valence electrons. The first kappa shape index (κ1) is 29.4. The molecule has 5 nitrogen and oxygen atoms in total. The molecule has 0 radical (unpaired) electrons. The Morgan fingerprint density at radius 2 is 0.914 bits per heavy atom. The molecule has 3 aromatic heterocycles. The molecular weight excluding hydrogens is 707 g/mol. The average molecular weight is 755 g/mol. The Hall–Kier alpha value is -6.85. The van der Waals surface area contributed by atoms with Crippen molar-refractivity contribution in [1.82, 2.24) is 24.1 Å². The smallest absolute Gasteiger partial charge is 0.164 e. The lowest BCUT2D eigenvalue weighted by molar-refractivity contribution is 0.332. The minimum absolute atomic E-state index is 0.0724. The van der Waals surface area contributed by atoms with Gasteiger partial charge < -0.3 is 9.13 Å². The number of hydrogen-bond donors (Lipinski definition) is 0. The van der Waals surface area contributed by atoms with E-state index in [4.69, 9.17) is 21.8 Å². The van der Waals surface area contributed by atoms with Gasteiger partial charge in [-0.1, -0.05) is 113 Å². The zero-order valence-corrected chi connectivity index (χ0v) is 32.9. The molecule has 0 aliphatic heterocycles. The second kappa shape index (κ2) is 12.8. The molecule has 0 saturated heterocycles. The topological polar surface area (TPSA) is 48.5 Å². The van der Waals surface area contributed by atoms with Crippen molar-refractivity contribution >= 4 is 43.6 Å². The van der Waals surface area contributed by atoms with Crippen molar-refractivity contribution in [3.05, 3.63) is 175 Å². The van der Waals surface area contributed by atoms with Crippen molar-refractivity contribution in [3.63, 3.8) is 0 Å². The van der Waals surface area contributed by atoms with E-state index in [-0.39, 0.29) is 40.7 Å². The highest BCUT2D eigenvalue weighted by Crippen LogP contribution is 2.48. The van der Waals surface area contributed by atoms with Crippen LogP contribution in [0.2, 0.25) is 0 Å². The lowest BCUT2D eigenvalue weighted by atomic mass is 9.63. The van der Waals surface area contributed by atoms with Gasteiger partial charge in [0.05, 0.1) is 28.9 Å². The minimum atomic E-state index is -0.426. The van der Waals surface area contributed by atoms with E-state index in [2.05, 4.69) is 92.9 Å². The molecule has 11 rings (SSSR count). The second-order valence-corrected chi connectivity index (χ2v) is 16.8. The number of hydrogen-bond acceptors (Lipinski definition) is 3. The SMILES string of the molecule is [2H]c1c([2H])c([2H])c(-n2c3ccccc3c3cc(-c4nc(-c5ccccc5)nc(-c5ccc(-n6c7ccccc7c7cc8c(cc76)C(C)(C)CCC8(C)C)cc5)n4)ccc32)c([2H])c1[2H]. The van der Waals surface area contributed by atoms with E-state index < -0.39 is 6.04 Å². The fourth-order valence-corrected chi connectivity index (χ4v) is 9.13. The summed E-state index contributed by atoms with van der Waals surface area (Å²) in [7, 11) is 0. The van der Waals surface area contributed by atoms with Crippen LogP contribution in [0.25, 0.3) is 89.2 Å². The fourth-order valence-electron chi connectivity index (χ4n) is 9.13. The van der Waals surface area contributed by atoms with Crippen LogP contribution in [0.3, 0.4) is 0 Å². The molecule has 5 heteroatoms. The first-order chi connectivity index (χ1) is 30.3. The Balaban J connectivity index is 1.06. The Labute approximate surface area is 345 Å². The average Bonchev–Trinajstić information content (AvgIpc) is 3.81. The normalized spacial score (nSPS) is 15.9. The zero-order valence-electron chi connectivity index (χ0n) is 37.9. The Kier molecular flexibility index (Phi) is 6.51. The van der Waals surface area contributed by atoms with Crippen LogP contribution in [0.15, 0.2) is 164 Å². The standard InChI is InChI=1S/C53H43N5/c1-52(2)29-30-53(3,4)44-33-48-42(32-43(44)52)40-20-12-14-22-46(40)58(48)38-26-23-35(24-27-38)50-54-49(34-15-7-5-8-16-34)55-51(56-50)36-25-28-47-41(31-36)39-19-11-13-21-45(39)57(47)37-17-9-6-10-18-37/h5-28,31-33H,29-30H2,1-4H3/i6D,9D,10D,17D,18D. The Bertz CT molecular complexity index is 3480. The van der Waals surface area contributed by atoms with Crippen LogP contribution in [0.1, 0.15) is 58.5 Å². The van der Waals surface area contributed by atoms with E-state index in [1.807, 2.05) is 72.8 Å². The van der Waals surface area contributed by atoms with Gasteiger partial charge in [0.15, 0.2) is 17.5 Å². The van der Waals surface area contributed by atoms with Crippen molar-refractivity contribution in [2.45, 2.75) is 51.4 Å². The van der Waals surface area contributed by atoms with Crippen LogP contribution in [0, 0.1) is 0 Å². The van der Waals surface area contributed by atoms with Crippen LogP contribution in [0.4, 0.5) is 0 Å². The van der Waals surface area contributed by atoms with Gasteiger partial charge in [-0.2, -0.15) is 0 Å². The summed E-state index contributed by atoms with van der Waals surface area (Å²) in [5.41, 5.74) is 10.4. The van der Waals surface area contributed by atoms with Crippen molar-refractivity contribution in [3.8, 4) is 45.5 Å². The maximum atomic E-state index is 8.81. The predicted molar refractivity (Wildman–Crippen MR) is 240 cm³/mol. The van der Waals surface area contributed by atoms with Gasteiger partial charge in [0.1, 0.15) is 0 Å². The van der Waals surface area contributed by atoms with Gasteiger partial charge >= 0.3 is 0 Å². The lowest BCUT2D eigenvalue weighted by Crippen LogP contribution is -2.33.